The number of nitrogens with zero attached hydrogens (tertiary/aromatic N) is 1. The molecule has 1 heterocycles. The molecule has 25 heavy (non-hydrogen) atoms. The van der Waals surface area contributed by atoms with E-state index in [0.717, 1.165) is 23.5 Å². The minimum absolute atomic E-state index is 0.147. The molecular weight excluding hydrogens is 379 g/mol. The van der Waals surface area contributed by atoms with E-state index in [2.05, 4.69) is 4.99 Å². The van der Waals surface area contributed by atoms with Crippen LogP contribution in [0.4, 0.5) is 13.2 Å². The number of aromatic hydroxyl groups is 1. The Kier molecular flexibility index (Phi) is 5.97. The highest BCUT2D eigenvalue weighted by Gasteiger charge is 2.37. The molecule has 2 aromatic rings. The molecule has 0 aliphatic heterocycles. The first-order valence-electron chi connectivity index (χ1n) is 6.87. The summed E-state index contributed by atoms with van der Waals surface area (Å²) in [6.45, 7) is -0.861. The van der Waals surface area contributed by atoms with E-state index >= 15 is 0 Å². The summed E-state index contributed by atoms with van der Waals surface area (Å²) in [6, 6.07) is 6.59. The molecule has 0 bridgehead atoms. The zero-order valence-electron chi connectivity index (χ0n) is 12.5. The summed E-state index contributed by atoms with van der Waals surface area (Å²) in [5.41, 5.74) is -1.58. The van der Waals surface area contributed by atoms with Crippen LogP contribution < -0.4 is 0 Å². The van der Waals surface area contributed by atoms with Crippen molar-refractivity contribution in [3.8, 4) is 5.75 Å². The maximum atomic E-state index is 13.1. The fraction of sp³-hybridized carbons (Fsp3) is 0.188. The predicted molar refractivity (Wildman–Crippen MR) is 89.1 cm³/mol. The van der Waals surface area contributed by atoms with Gasteiger partial charge in [-0.1, -0.05) is 17.7 Å². The molecule has 0 spiro atoms. The van der Waals surface area contributed by atoms with Gasteiger partial charge in [0.25, 0.3) is 0 Å². The van der Waals surface area contributed by atoms with Gasteiger partial charge in [0, 0.05) is 5.02 Å². The zero-order valence-corrected chi connectivity index (χ0v) is 14.1. The van der Waals surface area contributed by atoms with Crippen molar-refractivity contribution in [3.05, 3.63) is 51.2 Å². The van der Waals surface area contributed by atoms with Crippen molar-refractivity contribution in [1.29, 1.82) is 0 Å². The van der Waals surface area contributed by atoms with Gasteiger partial charge in [0.1, 0.15) is 18.0 Å². The highest BCUT2D eigenvalue weighted by atomic mass is 35.5. The number of carbonyl (C=O) groups is 2. The van der Waals surface area contributed by atoms with Crippen LogP contribution in [-0.4, -0.2) is 35.1 Å². The van der Waals surface area contributed by atoms with Gasteiger partial charge >= 0.3 is 6.18 Å². The first-order valence-corrected chi connectivity index (χ1v) is 8.13. The smallest absolute Gasteiger partial charge is 0.429 e. The fourth-order valence-corrected chi connectivity index (χ4v) is 2.74. The quantitative estimate of drug-likeness (QED) is 0.581. The van der Waals surface area contributed by atoms with Crippen molar-refractivity contribution in [1.82, 2.24) is 0 Å². The monoisotopic (exact) mass is 389 g/mol. The number of rotatable bonds is 6. The minimum Gasteiger partial charge on any atom is -0.507 e. The molecule has 1 N–H and O–H groups in total. The third-order valence-electron chi connectivity index (χ3n) is 3.12. The number of hydrogen-bond acceptors (Lipinski definition) is 5. The number of phenolic OH excluding ortho intramolecular Hbond substituents is 1. The standard InChI is InChI=1S/C16H11ClF3NO3S/c17-9-3-4-11(22)10(6-9)13(24)8-21-15(16(18,19)20)7-12(23)14-2-1-5-25-14/h1-6,22H,7-8H2. The maximum Gasteiger partial charge on any atom is 0.429 e. The number of benzene rings is 1. The fourth-order valence-electron chi connectivity index (χ4n) is 1.91. The predicted octanol–water partition coefficient (Wildman–Crippen LogP) is 4.57. The third-order valence-corrected chi connectivity index (χ3v) is 4.27. The number of phenols is 1. The molecule has 2 rings (SSSR count). The molecule has 0 aliphatic carbocycles. The normalized spacial score (nSPS) is 12.2. The molecule has 1 aromatic carbocycles. The lowest BCUT2D eigenvalue weighted by Crippen LogP contribution is -2.27. The first-order chi connectivity index (χ1) is 11.7. The van der Waals surface area contributed by atoms with Crippen molar-refractivity contribution in [3.63, 3.8) is 0 Å². The average Bonchev–Trinajstić information content (AvgIpc) is 3.06. The molecular formula is C16H11ClF3NO3S. The molecule has 0 saturated carbocycles. The zero-order chi connectivity index (χ0) is 18.6. The van der Waals surface area contributed by atoms with Gasteiger partial charge in [-0.25, -0.2) is 0 Å². The van der Waals surface area contributed by atoms with Gasteiger partial charge in [0.2, 0.25) is 0 Å². The van der Waals surface area contributed by atoms with Crippen molar-refractivity contribution in [2.45, 2.75) is 12.6 Å². The summed E-state index contributed by atoms with van der Waals surface area (Å²) >= 11 is 6.72. The Morgan fingerprint density at radius 1 is 1.20 bits per heavy atom. The van der Waals surface area contributed by atoms with Gasteiger partial charge in [0.15, 0.2) is 11.6 Å². The van der Waals surface area contributed by atoms with Gasteiger partial charge in [-0.3, -0.25) is 14.6 Å². The van der Waals surface area contributed by atoms with Crippen LogP contribution in [0.1, 0.15) is 26.5 Å². The van der Waals surface area contributed by atoms with Gasteiger partial charge in [-0.15, -0.1) is 11.3 Å². The molecule has 1 aromatic heterocycles. The van der Waals surface area contributed by atoms with Crippen LogP contribution in [-0.2, 0) is 0 Å². The lowest BCUT2D eigenvalue weighted by Gasteiger charge is -2.10. The molecule has 0 aliphatic rings. The van der Waals surface area contributed by atoms with Crippen LogP contribution in [0.2, 0.25) is 5.02 Å². The van der Waals surface area contributed by atoms with E-state index in [9.17, 15) is 27.9 Å². The molecule has 132 valence electrons. The van der Waals surface area contributed by atoms with Crippen LogP contribution in [0.25, 0.3) is 0 Å². The van der Waals surface area contributed by atoms with Crippen molar-refractivity contribution in [2.75, 3.05) is 6.54 Å². The number of Topliss-reactive ketones (excluding diaryl/α,β-unsaturated/α-hetero) is 2. The Labute approximate surface area is 149 Å². The van der Waals surface area contributed by atoms with Gasteiger partial charge in [0.05, 0.1) is 16.9 Å². The van der Waals surface area contributed by atoms with E-state index < -0.39 is 42.2 Å². The molecule has 9 heteroatoms. The number of ketones is 2. The molecule has 0 atom stereocenters. The Morgan fingerprint density at radius 3 is 2.52 bits per heavy atom. The Morgan fingerprint density at radius 2 is 1.92 bits per heavy atom. The lowest BCUT2D eigenvalue weighted by molar-refractivity contribution is -0.0603. The second-order valence-corrected chi connectivity index (χ2v) is 6.31. The number of alkyl halides is 3. The molecule has 0 radical (unpaired) electrons. The van der Waals surface area contributed by atoms with E-state index in [1.54, 1.807) is 11.4 Å². The second kappa shape index (κ2) is 7.79. The Hall–Kier alpha value is -2.19. The molecule has 0 unspecified atom stereocenters. The summed E-state index contributed by atoms with van der Waals surface area (Å²) < 4.78 is 39.2. The molecule has 4 nitrogen and oxygen atoms in total. The van der Waals surface area contributed by atoms with E-state index in [-0.39, 0.29) is 15.5 Å². The van der Waals surface area contributed by atoms with Crippen LogP contribution in [0, 0.1) is 0 Å². The minimum atomic E-state index is -4.84. The van der Waals surface area contributed by atoms with E-state index in [4.69, 9.17) is 11.6 Å². The lowest BCUT2D eigenvalue weighted by atomic mass is 10.1. The maximum absolute atomic E-state index is 13.1. The first kappa shape index (κ1) is 19.1. The molecule has 0 amide bonds. The van der Waals surface area contributed by atoms with E-state index in [1.165, 1.54) is 12.1 Å². The molecule has 0 fully saturated rings. The van der Waals surface area contributed by atoms with E-state index in [0.29, 0.717) is 0 Å². The Balaban J connectivity index is 2.19. The summed E-state index contributed by atoms with van der Waals surface area (Å²) in [5.74, 6) is -1.98. The topological polar surface area (TPSA) is 66.7 Å². The number of thiophene rings is 1. The number of aliphatic imine (C=N–C) groups is 1. The van der Waals surface area contributed by atoms with Crippen molar-refractivity contribution < 1.29 is 27.9 Å². The second-order valence-electron chi connectivity index (χ2n) is 4.92. The number of carbonyl (C=O) groups excluding carboxylic acids is 2. The summed E-state index contributed by atoms with van der Waals surface area (Å²) in [6.07, 6.45) is -5.80. The van der Waals surface area contributed by atoms with Gasteiger partial charge in [-0.05, 0) is 29.6 Å². The van der Waals surface area contributed by atoms with Crippen LogP contribution in [0.15, 0.2) is 40.7 Å². The summed E-state index contributed by atoms with van der Waals surface area (Å²) in [5, 5.41) is 11.3. The molecule has 0 saturated heterocycles. The highest BCUT2D eigenvalue weighted by Crippen LogP contribution is 2.24. The van der Waals surface area contributed by atoms with Crippen LogP contribution >= 0.6 is 22.9 Å². The Bertz CT molecular complexity index is 817. The van der Waals surface area contributed by atoms with Gasteiger partial charge in [-0.2, -0.15) is 13.2 Å². The van der Waals surface area contributed by atoms with Crippen LogP contribution in [0.3, 0.4) is 0 Å². The summed E-state index contributed by atoms with van der Waals surface area (Å²) in [4.78, 5) is 27.3. The average molecular weight is 390 g/mol. The van der Waals surface area contributed by atoms with Crippen molar-refractivity contribution >= 4 is 40.2 Å². The van der Waals surface area contributed by atoms with Crippen molar-refractivity contribution in [2.24, 2.45) is 4.99 Å². The van der Waals surface area contributed by atoms with Crippen LogP contribution in [0.5, 0.6) is 5.75 Å². The highest BCUT2D eigenvalue weighted by molar-refractivity contribution is 7.12. The third kappa shape index (κ3) is 5.14. The number of hydrogen-bond donors (Lipinski definition) is 1. The van der Waals surface area contributed by atoms with E-state index in [1.807, 2.05) is 0 Å². The number of halogens is 4. The summed E-state index contributed by atoms with van der Waals surface area (Å²) in [7, 11) is 0. The van der Waals surface area contributed by atoms with Gasteiger partial charge < -0.3 is 5.11 Å². The largest absolute Gasteiger partial charge is 0.507 e. The SMILES string of the molecule is O=C(CC(=NCC(=O)c1cc(Cl)ccc1O)C(F)(F)F)c1cccs1.